The number of hydrogen-bond acceptors (Lipinski definition) is 5. The Labute approximate surface area is 177 Å². The van der Waals surface area contributed by atoms with Gasteiger partial charge in [-0.2, -0.15) is 0 Å². The van der Waals surface area contributed by atoms with E-state index in [2.05, 4.69) is 5.43 Å². The van der Waals surface area contributed by atoms with E-state index < -0.39 is 11.3 Å². The molecular formula is C23H18N2O4S. The van der Waals surface area contributed by atoms with Crippen LogP contribution in [0.4, 0.5) is 0 Å². The molecule has 150 valence electrons. The molecule has 4 rings (SSSR count). The topological polar surface area (TPSA) is 89.9 Å². The molecule has 0 saturated carbocycles. The van der Waals surface area contributed by atoms with Gasteiger partial charge in [-0.1, -0.05) is 66.4 Å². The highest BCUT2D eigenvalue weighted by Crippen LogP contribution is 2.45. The van der Waals surface area contributed by atoms with Gasteiger partial charge in [-0.3, -0.25) is 15.0 Å². The predicted molar refractivity (Wildman–Crippen MR) is 115 cm³/mol. The van der Waals surface area contributed by atoms with Crippen LogP contribution in [-0.2, 0) is 4.79 Å². The summed E-state index contributed by atoms with van der Waals surface area (Å²) in [5.74, 6) is -1.01. The van der Waals surface area contributed by atoms with E-state index in [1.54, 1.807) is 30.3 Å². The second-order valence-corrected chi connectivity index (χ2v) is 7.74. The fraction of sp³-hybridized carbons (Fsp3) is 0.0435. The first-order chi connectivity index (χ1) is 14.5. The summed E-state index contributed by atoms with van der Waals surface area (Å²) in [6.45, 7) is 0. The molecule has 2 amide bonds. The molecular weight excluding hydrogens is 400 g/mol. The number of carbonyl (C=O) groups is 2. The maximum absolute atomic E-state index is 13.1. The van der Waals surface area contributed by atoms with Crippen LogP contribution in [0, 0.1) is 0 Å². The summed E-state index contributed by atoms with van der Waals surface area (Å²) in [5.41, 5.74) is 4.30. The number of nitrogens with zero attached hydrogens (tertiary/aromatic N) is 1. The van der Waals surface area contributed by atoms with E-state index in [0.717, 1.165) is 11.1 Å². The molecule has 1 fully saturated rings. The van der Waals surface area contributed by atoms with Crippen LogP contribution in [0.25, 0.3) is 6.08 Å². The van der Waals surface area contributed by atoms with Crippen LogP contribution in [0.5, 0.6) is 11.5 Å². The molecule has 3 N–H and O–H groups in total. The third-order valence-electron chi connectivity index (χ3n) is 4.55. The number of nitrogens with one attached hydrogen (secondary N) is 1. The summed E-state index contributed by atoms with van der Waals surface area (Å²) in [4.78, 5) is 26.3. The second-order valence-electron chi connectivity index (χ2n) is 6.61. The zero-order chi connectivity index (χ0) is 21.1. The molecule has 1 heterocycles. The highest BCUT2D eigenvalue weighted by molar-refractivity contribution is 8.04. The van der Waals surface area contributed by atoms with Gasteiger partial charge in [0.05, 0.1) is 10.5 Å². The Morgan fingerprint density at radius 2 is 1.60 bits per heavy atom. The van der Waals surface area contributed by atoms with Crippen LogP contribution in [0.2, 0.25) is 0 Å². The number of hydrogen-bond donors (Lipinski definition) is 3. The second kappa shape index (κ2) is 8.34. The minimum absolute atomic E-state index is 0.0697. The molecule has 1 aliphatic heterocycles. The van der Waals surface area contributed by atoms with Gasteiger partial charge < -0.3 is 10.2 Å². The van der Waals surface area contributed by atoms with Gasteiger partial charge in [0.25, 0.3) is 11.8 Å². The van der Waals surface area contributed by atoms with Crippen LogP contribution in [0.15, 0.2) is 83.8 Å². The Morgan fingerprint density at radius 3 is 2.30 bits per heavy atom. The van der Waals surface area contributed by atoms with Crippen LogP contribution in [0.1, 0.15) is 26.9 Å². The van der Waals surface area contributed by atoms with E-state index in [0.29, 0.717) is 4.91 Å². The largest absolute Gasteiger partial charge is 0.508 e. The molecule has 3 aromatic rings. The van der Waals surface area contributed by atoms with E-state index in [1.807, 2.05) is 30.3 Å². The van der Waals surface area contributed by atoms with Crippen molar-refractivity contribution in [2.75, 3.05) is 0 Å². The van der Waals surface area contributed by atoms with E-state index in [1.165, 1.54) is 41.0 Å². The van der Waals surface area contributed by atoms with E-state index in [4.69, 9.17) is 0 Å². The molecule has 7 heteroatoms. The number of amides is 2. The maximum Gasteiger partial charge on any atom is 0.280 e. The first-order valence-electron chi connectivity index (χ1n) is 9.18. The Kier molecular flexibility index (Phi) is 5.45. The highest BCUT2D eigenvalue weighted by atomic mass is 32.2. The molecule has 30 heavy (non-hydrogen) atoms. The lowest BCUT2D eigenvalue weighted by molar-refractivity contribution is -0.128. The molecule has 0 spiro atoms. The lowest BCUT2D eigenvalue weighted by Gasteiger charge is -2.24. The van der Waals surface area contributed by atoms with Gasteiger partial charge in [-0.05, 0) is 41.5 Å². The number of thioether (sulfide) groups is 1. The van der Waals surface area contributed by atoms with Gasteiger partial charge >= 0.3 is 0 Å². The van der Waals surface area contributed by atoms with Gasteiger partial charge in [0.2, 0.25) is 0 Å². The third-order valence-corrected chi connectivity index (χ3v) is 5.80. The number of phenols is 2. The quantitative estimate of drug-likeness (QED) is 0.556. The summed E-state index contributed by atoms with van der Waals surface area (Å²) in [6.07, 6.45) is 1.77. The Hall–Kier alpha value is -3.71. The summed E-state index contributed by atoms with van der Waals surface area (Å²) >= 11 is 1.30. The van der Waals surface area contributed by atoms with Crippen molar-refractivity contribution >= 4 is 29.7 Å². The Bertz CT molecular complexity index is 1110. The van der Waals surface area contributed by atoms with Gasteiger partial charge in [0.15, 0.2) is 0 Å². The Morgan fingerprint density at radius 1 is 0.933 bits per heavy atom. The molecule has 0 bridgehead atoms. The van der Waals surface area contributed by atoms with Crippen LogP contribution in [-0.4, -0.2) is 27.0 Å². The van der Waals surface area contributed by atoms with Gasteiger partial charge in [0, 0.05) is 0 Å². The molecule has 0 radical (unpaired) electrons. The van der Waals surface area contributed by atoms with Crippen LogP contribution < -0.4 is 5.43 Å². The summed E-state index contributed by atoms with van der Waals surface area (Å²) in [5, 5.41) is 20.3. The monoisotopic (exact) mass is 418 g/mol. The number of aromatic hydroxyl groups is 2. The van der Waals surface area contributed by atoms with Crippen molar-refractivity contribution in [3.8, 4) is 11.5 Å². The van der Waals surface area contributed by atoms with Crippen molar-refractivity contribution in [1.82, 2.24) is 10.4 Å². The molecule has 1 saturated heterocycles. The van der Waals surface area contributed by atoms with E-state index >= 15 is 0 Å². The first-order valence-corrected chi connectivity index (χ1v) is 10.1. The van der Waals surface area contributed by atoms with Crippen molar-refractivity contribution < 1.29 is 19.8 Å². The number of rotatable bonds is 4. The fourth-order valence-electron chi connectivity index (χ4n) is 3.05. The lowest BCUT2D eigenvalue weighted by atomic mass is 10.2. The van der Waals surface area contributed by atoms with Gasteiger partial charge in [-0.15, -0.1) is 0 Å². The van der Waals surface area contributed by atoms with Crippen molar-refractivity contribution in [1.29, 1.82) is 0 Å². The van der Waals surface area contributed by atoms with Gasteiger partial charge in [-0.25, -0.2) is 5.01 Å². The normalized spacial score (nSPS) is 17.3. The fourth-order valence-corrected chi connectivity index (χ4v) is 4.24. The molecule has 1 atom stereocenters. The summed E-state index contributed by atoms with van der Waals surface area (Å²) in [7, 11) is 0. The maximum atomic E-state index is 13.1. The molecule has 0 aromatic heterocycles. The minimum Gasteiger partial charge on any atom is -0.508 e. The molecule has 6 nitrogen and oxygen atoms in total. The minimum atomic E-state index is -0.591. The van der Waals surface area contributed by atoms with E-state index in [9.17, 15) is 19.8 Å². The zero-order valence-corrected chi connectivity index (χ0v) is 16.5. The Balaban J connectivity index is 1.68. The third kappa shape index (κ3) is 4.01. The average molecular weight is 418 g/mol. The number of hydrazine groups is 1. The highest BCUT2D eigenvalue weighted by Gasteiger charge is 2.39. The molecule has 0 aliphatic carbocycles. The predicted octanol–water partition coefficient (Wildman–Crippen LogP) is 4.06. The van der Waals surface area contributed by atoms with Crippen LogP contribution in [0.3, 0.4) is 0 Å². The number of para-hydroxylation sites is 1. The smallest absolute Gasteiger partial charge is 0.280 e. The molecule has 1 unspecified atom stereocenters. The zero-order valence-electron chi connectivity index (χ0n) is 15.7. The van der Waals surface area contributed by atoms with Crippen molar-refractivity contribution in [2.24, 2.45) is 0 Å². The molecule has 3 aromatic carbocycles. The van der Waals surface area contributed by atoms with Crippen molar-refractivity contribution in [2.45, 2.75) is 5.37 Å². The number of phenolic OH excluding ortho intramolecular Hbond substituents is 2. The summed E-state index contributed by atoms with van der Waals surface area (Å²) < 4.78 is 0. The average Bonchev–Trinajstić information content (AvgIpc) is 3.05. The summed E-state index contributed by atoms with van der Waals surface area (Å²) in [6, 6.07) is 22.0. The molecule has 1 aliphatic rings. The van der Waals surface area contributed by atoms with Crippen molar-refractivity contribution in [3.63, 3.8) is 0 Å². The van der Waals surface area contributed by atoms with Crippen molar-refractivity contribution in [3.05, 3.63) is 100 Å². The number of carbonyl (C=O) groups excluding carboxylic acids is 2. The lowest BCUT2D eigenvalue weighted by Crippen LogP contribution is -2.44. The first kappa shape index (κ1) is 19.6. The van der Waals surface area contributed by atoms with Crippen LogP contribution >= 0.6 is 11.8 Å². The van der Waals surface area contributed by atoms with Gasteiger partial charge in [0.1, 0.15) is 16.9 Å². The number of benzene rings is 3. The standard InChI is InChI=1S/C23H18N2O4S/c26-17-12-10-16(11-13-17)23-25(24-21(28)18-8-4-5-9-19(18)27)22(29)20(30-23)14-15-6-2-1-3-7-15/h1-14,23,26-27H,(H,24,28)/b20-14+. The van der Waals surface area contributed by atoms with E-state index in [-0.39, 0.29) is 23.0 Å². The SMILES string of the molecule is O=C(NN1C(=O)/C(=C\c2ccccc2)SC1c1ccc(O)cc1)c1ccccc1O.